The summed E-state index contributed by atoms with van der Waals surface area (Å²) >= 11 is 0. The predicted molar refractivity (Wildman–Crippen MR) is 136 cm³/mol. The zero-order chi connectivity index (χ0) is 23.4. The van der Waals surface area contributed by atoms with Gasteiger partial charge >= 0.3 is 0 Å². The highest BCUT2D eigenvalue weighted by Gasteiger charge is 2.33. The maximum atomic E-state index is 2.41. The lowest BCUT2D eigenvalue weighted by molar-refractivity contribution is -0.686. The first-order valence-corrected chi connectivity index (χ1v) is 11.9. The molecular formula is C31H34N2+2. The molecule has 2 nitrogen and oxygen atoms in total. The number of hydrogen-bond acceptors (Lipinski definition) is 0. The third-order valence-electron chi connectivity index (χ3n) is 6.80. The number of rotatable bonds is 0. The summed E-state index contributed by atoms with van der Waals surface area (Å²) in [6.45, 7) is 14.6. The van der Waals surface area contributed by atoms with E-state index in [9.17, 15) is 0 Å². The van der Waals surface area contributed by atoms with Crippen molar-refractivity contribution in [3.63, 3.8) is 0 Å². The molecule has 0 spiro atoms. The molecule has 0 amide bonds. The van der Waals surface area contributed by atoms with Crippen molar-refractivity contribution in [2.24, 2.45) is 0 Å². The Hall–Kier alpha value is -3.26. The summed E-state index contributed by atoms with van der Waals surface area (Å²) in [5, 5.41) is 0. The maximum absolute atomic E-state index is 2.41. The SMILES string of the molecule is CC(C)(C)c1cc[n+]2c(c1)-c1cc(C(C)(C)C)cc[n+]1-c1ccccc1-c1ccccc1C2. The first kappa shape index (κ1) is 21.6. The van der Waals surface area contributed by atoms with Crippen molar-refractivity contribution in [1.29, 1.82) is 0 Å². The Morgan fingerprint density at radius 2 is 1.18 bits per heavy atom. The molecule has 2 aromatic carbocycles. The van der Waals surface area contributed by atoms with Crippen molar-refractivity contribution >= 4 is 0 Å². The zero-order valence-corrected chi connectivity index (χ0v) is 20.7. The molecule has 33 heavy (non-hydrogen) atoms. The van der Waals surface area contributed by atoms with Gasteiger partial charge in [-0.05, 0) is 33.6 Å². The van der Waals surface area contributed by atoms with Crippen LogP contribution in [-0.2, 0) is 17.4 Å². The number of pyridine rings is 2. The first-order valence-electron chi connectivity index (χ1n) is 11.9. The summed E-state index contributed by atoms with van der Waals surface area (Å²) in [7, 11) is 0. The molecule has 0 radical (unpaired) electrons. The lowest BCUT2D eigenvalue weighted by Crippen LogP contribution is -2.42. The largest absolute Gasteiger partial charge is 0.283 e. The first-order chi connectivity index (χ1) is 15.6. The van der Waals surface area contributed by atoms with E-state index in [-0.39, 0.29) is 10.8 Å². The second kappa shape index (κ2) is 7.66. The smallest absolute Gasteiger partial charge is 0.189 e. The van der Waals surface area contributed by atoms with E-state index in [1.807, 2.05) is 0 Å². The van der Waals surface area contributed by atoms with E-state index in [1.165, 1.54) is 44.9 Å². The quantitative estimate of drug-likeness (QED) is 0.244. The summed E-state index contributed by atoms with van der Waals surface area (Å²) in [6, 6.07) is 27.0. The average molecular weight is 435 g/mol. The maximum Gasteiger partial charge on any atom is 0.283 e. The Morgan fingerprint density at radius 1 is 0.606 bits per heavy atom. The van der Waals surface area contributed by atoms with Crippen LogP contribution in [0.1, 0.15) is 58.2 Å². The van der Waals surface area contributed by atoms with Gasteiger partial charge < -0.3 is 0 Å². The summed E-state index contributed by atoms with van der Waals surface area (Å²) in [4.78, 5) is 0. The molecule has 5 rings (SSSR count). The molecule has 1 aliphatic rings. The van der Waals surface area contributed by atoms with Crippen molar-refractivity contribution in [3.05, 3.63) is 102 Å². The van der Waals surface area contributed by atoms with Crippen LogP contribution >= 0.6 is 0 Å². The van der Waals surface area contributed by atoms with E-state index < -0.39 is 0 Å². The number of fused-ring (bicyclic) bond motifs is 7. The van der Waals surface area contributed by atoms with Gasteiger partial charge in [0.2, 0.25) is 5.69 Å². The predicted octanol–water partition coefficient (Wildman–Crippen LogP) is 6.54. The molecular weight excluding hydrogens is 400 g/mol. The summed E-state index contributed by atoms with van der Waals surface area (Å²) in [5.41, 5.74) is 10.4. The van der Waals surface area contributed by atoms with Crippen molar-refractivity contribution in [3.8, 4) is 28.2 Å². The van der Waals surface area contributed by atoms with Crippen LogP contribution in [-0.4, -0.2) is 0 Å². The van der Waals surface area contributed by atoms with Gasteiger partial charge in [-0.25, -0.2) is 0 Å². The minimum absolute atomic E-state index is 0.0724. The molecule has 0 N–H and O–H groups in total. The fraction of sp³-hybridized carbons (Fsp3) is 0.290. The number of para-hydroxylation sites is 1. The standard InChI is InChI=1S/C31H34N2/c1-30(2,3)23-15-17-32-21-22-11-7-8-12-25(22)26-13-9-10-14-27(26)33-18-16-24(31(4,5)6)20-29(33)28(32)19-23/h7-20H,21H2,1-6H3/q+2. The highest BCUT2D eigenvalue weighted by Crippen LogP contribution is 2.33. The van der Waals surface area contributed by atoms with Crippen LogP contribution in [0.15, 0.2) is 85.2 Å². The molecule has 3 heterocycles. The number of nitrogens with zero attached hydrogens (tertiary/aromatic N) is 2. The van der Waals surface area contributed by atoms with Crippen LogP contribution in [0.4, 0.5) is 0 Å². The van der Waals surface area contributed by atoms with Gasteiger partial charge in [0.25, 0.3) is 11.4 Å². The van der Waals surface area contributed by atoms with Gasteiger partial charge in [0.15, 0.2) is 18.9 Å². The Balaban J connectivity index is 1.92. The lowest BCUT2D eigenvalue weighted by atomic mass is 9.85. The molecule has 166 valence electrons. The minimum Gasteiger partial charge on any atom is -0.189 e. The van der Waals surface area contributed by atoms with E-state index >= 15 is 0 Å². The van der Waals surface area contributed by atoms with E-state index in [2.05, 4.69) is 136 Å². The fourth-order valence-corrected chi connectivity index (χ4v) is 4.74. The lowest BCUT2D eigenvalue weighted by Gasteiger charge is -2.20. The van der Waals surface area contributed by atoms with Crippen LogP contribution in [0.2, 0.25) is 0 Å². The van der Waals surface area contributed by atoms with Gasteiger partial charge in [-0.3, -0.25) is 0 Å². The minimum atomic E-state index is 0.0724. The molecule has 0 saturated carbocycles. The van der Waals surface area contributed by atoms with Crippen LogP contribution < -0.4 is 9.13 Å². The molecule has 0 fully saturated rings. The van der Waals surface area contributed by atoms with Gasteiger partial charge in [0, 0.05) is 35.9 Å². The number of hydrogen-bond donors (Lipinski definition) is 0. The molecule has 0 atom stereocenters. The van der Waals surface area contributed by atoms with Crippen molar-refractivity contribution in [2.75, 3.05) is 0 Å². The average Bonchev–Trinajstić information content (AvgIpc) is 2.82. The highest BCUT2D eigenvalue weighted by molar-refractivity contribution is 5.74. The van der Waals surface area contributed by atoms with E-state index in [0.29, 0.717) is 0 Å². The summed E-state index contributed by atoms with van der Waals surface area (Å²) in [5.74, 6) is 0. The molecule has 4 aromatic rings. The Kier molecular flexibility index (Phi) is 5.01. The molecule has 0 aliphatic carbocycles. The van der Waals surface area contributed by atoms with E-state index in [1.54, 1.807) is 0 Å². The number of benzene rings is 2. The Morgan fingerprint density at radius 3 is 1.88 bits per heavy atom. The molecule has 2 heteroatoms. The molecule has 1 aliphatic heterocycles. The van der Waals surface area contributed by atoms with Crippen LogP contribution in [0.3, 0.4) is 0 Å². The van der Waals surface area contributed by atoms with Crippen LogP contribution in [0, 0.1) is 0 Å². The molecule has 2 aromatic heterocycles. The third kappa shape index (κ3) is 3.88. The van der Waals surface area contributed by atoms with Crippen LogP contribution in [0.5, 0.6) is 0 Å². The monoisotopic (exact) mass is 434 g/mol. The van der Waals surface area contributed by atoms with Gasteiger partial charge in [0.05, 0.1) is 5.56 Å². The normalized spacial score (nSPS) is 13.0. The van der Waals surface area contributed by atoms with Gasteiger partial charge in [-0.1, -0.05) is 77.9 Å². The summed E-state index contributed by atoms with van der Waals surface area (Å²) in [6.07, 6.45) is 4.54. The second-order valence-electron chi connectivity index (χ2n) is 11.3. The van der Waals surface area contributed by atoms with E-state index in [0.717, 1.165) is 6.54 Å². The van der Waals surface area contributed by atoms with Crippen molar-refractivity contribution < 1.29 is 9.13 Å². The Labute approximate surface area is 198 Å². The van der Waals surface area contributed by atoms with Crippen molar-refractivity contribution in [2.45, 2.75) is 58.9 Å². The van der Waals surface area contributed by atoms with E-state index in [4.69, 9.17) is 0 Å². The summed E-state index contributed by atoms with van der Waals surface area (Å²) < 4.78 is 4.79. The molecule has 0 bridgehead atoms. The highest BCUT2D eigenvalue weighted by atomic mass is 15.0. The zero-order valence-electron chi connectivity index (χ0n) is 20.7. The molecule has 0 saturated heterocycles. The van der Waals surface area contributed by atoms with Gasteiger partial charge in [-0.2, -0.15) is 9.13 Å². The molecule has 0 unspecified atom stereocenters. The number of aromatic nitrogens is 2. The third-order valence-corrected chi connectivity index (χ3v) is 6.80. The fourth-order valence-electron chi connectivity index (χ4n) is 4.74. The topological polar surface area (TPSA) is 7.76 Å². The van der Waals surface area contributed by atoms with Gasteiger partial charge in [0.1, 0.15) is 0 Å². The van der Waals surface area contributed by atoms with Crippen LogP contribution in [0.25, 0.3) is 28.2 Å². The van der Waals surface area contributed by atoms with Crippen molar-refractivity contribution in [1.82, 2.24) is 0 Å². The second-order valence-corrected chi connectivity index (χ2v) is 11.3. The Bertz CT molecular complexity index is 1350. The van der Waals surface area contributed by atoms with Gasteiger partial charge in [-0.15, -0.1) is 0 Å².